The molecule has 0 bridgehead atoms. The second-order valence-corrected chi connectivity index (χ2v) is 4.59. The molecule has 1 aromatic carbocycles. The second kappa shape index (κ2) is 5.80. The highest BCUT2D eigenvalue weighted by atomic mass is 35.5. The summed E-state index contributed by atoms with van der Waals surface area (Å²) in [6.07, 6.45) is 3.69. The summed E-state index contributed by atoms with van der Waals surface area (Å²) in [6, 6.07) is 6.48. The van der Waals surface area contributed by atoms with Crippen molar-refractivity contribution in [2.45, 2.75) is 12.8 Å². The van der Waals surface area contributed by atoms with Gasteiger partial charge in [-0.3, -0.25) is 4.98 Å². The Morgan fingerprint density at radius 3 is 2.74 bits per heavy atom. The Kier molecular flexibility index (Phi) is 4.12. The van der Waals surface area contributed by atoms with Gasteiger partial charge in [0.2, 0.25) is 0 Å². The van der Waals surface area contributed by atoms with E-state index >= 15 is 0 Å². The van der Waals surface area contributed by atoms with Crippen LogP contribution in [0.3, 0.4) is 0 Å². The van der Waals surface area contributed by atoms with Crippen LogP contribution in [0.2, 0.25) is 5.02 Å². The average molecular weight is 278 g/mol. The highest BCUT2D eigenvalue weighted by Crippen LogP contribution is 2.23. The second-order valence-electron chi connectivity index (χ2n) is 4.18. The molecule has 5 heteroatoms. The van der Waals surface area contributed by atoms with Crippen molar-refractivity contribution < 1.29 is 4.39 Å². The average Bonchev–Trinajstić information content (AvgIpc) is 2.41. The molecule has 19 heavy (non-hydrogen) atoms. The van der Waals surface area contributed by atoms with Crippen molar-refractivity contribution >= 4 is 23.5 Å². The Morgan fingerprint density at radius 1 is 1.32 bits per heavy atom. The number of halogens is 2. The Bertz CT molecular complexity index is 596. The maximum atomic E-state index is 12.7. The zero-order valence-electron chi connectivity index (χ0n) is 10.2. The van der Waals surface area contributed by atoms with Gasteiger partial charge in [-0.2, -0.15) is 0 Å². The number of anilines is 1. The normalized spacial score (nSPS) is 10.4. The Labute approximate surface area is 115 Å². The smallest absolute Gasteiger partial charge is 0.141 e. The molecule has 0 atom stereocenters. The fourth-order valence-corrected chi connectivity index (χ4v) is 2.05. The van der Waals surface area contributed by atoms with Crippen LogP contribution >= 0.6 is 11.6 Å². The fraction of sp³-hybridized carbons (Fsp3) is 0.143. The first-order chi connectivity index (χ1) is 9.10. The van der Waals surface area contributed by atoms with E-state index in [-0.39, 0.29) is 5.82 Å². The molecule has 0 saturated carbocycles. The molecule has 3 N–H and O–H groups in total. The number of aromatic nitrogens is 1. The number of nitrogens with two attached hydrogens (primary N) is 1. The number of pyridine rings is 1. The van der Waals surface area contributed by atoms with Gasteiger partial charge in [0.1, 0.15) is 5.82 Å². The van der Waals surface area contributed by atoms with Gasteiger partial charge in [0, 0.05) is 28.2 Å². The molecule has 1 heterocycles. The van der Waals surface area contributed by atoms with Gasteiger partial charge in [-0.25, -0.2) is 4.39 Å². The molecule has 0 unspecified atom stereocenters. The van der Waals surface area contributed by atoms with E-state index < -0.39 is 0 Å². The molecule has 2 aromatic rings. The quantitative estimate of drug-likeness (QED) is 0.666. The number of hydrogen-bond acceptors (Lipinski definition) is 3. The van der Waals surface area contributed by atoms with Crippen molar-refractivity contribution in [2.75, 3.05) is 5.73 Å². The summed E-state index contributed by atoms with van der Waals surface area (Å²) in [7, 11) is 0. The molecule has 0 spiro atoms. The van der Waals surface area contributed by atoms with Crippen LogP contribution in [0.1, 0.15) is 16.8 Å². The van der Waals surface area contributed by atoms with Crippen LogP contribution in [0.25, 0.3) is 0 Å². The fourth-order valence-electron chi connectivity index (χ4n) is 1.79. The monoisotopic (exact) mass is 277 g/mol. The molecular weight excluding hydrogens is 265 g/mol. The molecule has 0 aliphatic carbocycles. The van der Waals surface area contributed by atoms with Gasteiger partial charge >= 0.3 is 0 Å². The number of nitrogen functional groups attached to an aromatic ring is 1. The van der Waals surface area contributed by atoms with Crippen LogP contribution in [0.4, 0.5) is 10.1 Å². The first-order valence-electron chi connectivity index (χ1n) is 5.79. The molecule has 0 amide bonds. The largest absolute Gasteiger partial charge is 0.398 e. The van der Waals surface area contributed by atoms with Gasteiger partial charge < -0.3 is 11.1 Å². The highest BCUT2D eigenvalue weighted by Gasteiger charge is 2.06. The van der Waals surface area contributed by atoms with Crippen LogP contribution in [0.15, 0.2) is 30.5 Å². The summed E-state index contributed by atoms with van der Waals surface area (Å²) >= 11 is 6.13. The standard InChI is InChI=1S/C14H13ClFN3/c15-13-5-10(7-17)14(18)6-9(13)1-3-12-4-2-11(16)8-19-12/h2,4-8,17H,1,3,18H2. The van der Waals surface area contributed by atoms with E-state index in [1.165, 1.54) is 18.5 Å². The lowest BCUT2D eigenvalue weighted by Gasteiger charge is -2.08. The maximum absolute atomic E-state index is 12.7. The summed E-state index contributed by atoms with van der Waals surface area (Å²) in [5.41, 5.74) is 8.65. The van der Waals surface area contributed by atoms with Gasteiger partial charge in [-0.1, -0.05) is 11.6 Å². The van der Waals surface area contributed by atoms with Crippen molar-refractivity contribution in [2.24, 2.45) is 0 Å². The number of aryl methyl sites for hydroxylation is 2. The van der Waals surface area contributed by atoms with Crippen molar-refractivity contribution in [3.63, 3.8) is 0 Å². The SMILES string of the molecule is N=Cc1cc(Cl)c(CCc2ccc(F)cn2)cc1N. The molecule has 2 rings (SSSR count). The van der Waals surface area contributed by atoms with Crippen molar-refractivity contribution in [3.05, 3.63) is 58.1 Å². The number of rotatable bonds is 4. The summed E-state index contributed by atoms with van der Waals surface area (Å²) in [5, 5.41) is 7.78. The third-order valence-corrected chi connectivity index (χ3v) is 3.20. The molecule has 98 valence electrons. The number of nitrogens with zero attached hydrogens (tertiary/aromatic N) is 1. The van der Waals surface area contributed by atoms with Crippen LogP contribution in [-0.2, 0) is 12.8 Å². The predicted molar refractivity (Wildman–Crippen MR) is 75.4 cm³/mol. The van der Waals surface area contributed by atoms with Gasteiger partial charge in [0.15, 0.2) is 0 Å². The van der Waals surface area contributed by atoms with Gasteiger partial charge in [-0.05, 0) is 42.7 Å². The number of benzene rings is 1. The van der Waals surface area contributed by atoms with E-state index in [1.54, 1.807) is 18.2 Å². The molecule has 1 aromatic heterocycles. The molecule has 0 saturated heterocycles. The predicted octanol–water partition coefficient (Wildman–Crippen LogP) is 3.24. The molecule has 0 aliphatic rings. The van der Waals surface area contributed by atoms with Crippen LogP contribution in [0.5, 0.6) is 0 Å². The lowest BCUT2D eigenvalue weighted by atomic mass is 10.0. The third-order valence-electron chi connectivity index (χ3n) is 2.85. The highest BCUT2D eigenvalue weighted by molar-refractivity contribution is 6.31. The topological polar surface area (TPSA) is 62.8 Å². The minimum Gasteiger partial charge on any atom is -0.398 e. The van der Waals surface area contributed by atoms with E-state index in [9.17, 15) is 4.39 Å². The third kappa shape index (κ3) is 3.29. The van der Waals surface area contributed by atoms with Gasteiger partial charge in [0.05, 0.1) is 6.20 Å². The Morgan fingerprint density at radius 2 is 2.11 bits per heavy atom. The Balaban J connectivity index is 2.13. The number of nitrogens with one attached hydrogen (secondary N) is 1. The van der Waals surface area contributed by atoms with Crippen molar-refractivity contribution in [1.29, 1.82) is 5.41 Å². The van der Waals surface area contributed by atoms with Crippen molar-refractivity contribution in [1.82, 2.24) is 4.98 Å². The molecule has 3 nitrogen and oxygen atoms in total. The Hall–Kier alpha value is -1.94. The summed E-state index contributed by atoms with van der Waals surface area (Å²) in [6.45, 7) is 0. The van der Waals surface area contributed by atoms with Crippen LogP contribution in [-0.4, -0.2) is 11.2 Å². The van der Waals surface area contributed by atoms with Gasteiger partial charge in [-0.15, -0.1) is 0 Å². The minimum absolute atomic E-state index is 0.346. The minimum atomic E-state index is -0.346. The van der Waals surface area contributed by atoms with Crippen LogP contribution in [0, 0.1) is 11.2 Å². The maximum Gasteiger partial charge on any atom is 0.141 e. The molecule has 0 aliphatic heterocycles. The summed E-state index contributed by atoms with van der Waals surface area (Å²) in [5.74, 6) is -0.346. The van der Waals surface area contributed by atoms with Crippen LogP contribution < -0.4 is 5.73 Å². The van der Waals surface area contributed by atoms with Gasteiger partial charge in [0.25, 0.3) is 0 Å². The van der Waals surface area contributed by atoms with E-state index in [2.05, 4.69) is 4.98 Å². The zero-order chi connectivity index (χ0) is 13.8. The molecule has 0 radical (unpaired) electrons. The van der Waals surface area contributed by atoms with E-state index in [1.807, 2.05) is 0 Å². The van der Waals surface area contributed by atoms with Crippen molar-refractivity contribution in [3.8, 4) is 0 Å². The van der Waals surface area contributed by atoms with E-state index in [0.717, 1.165) is 11.3 Å². The summed E-state index contributed by atoms with van der Waals surface area (Å²) in [4.78, 5) is 3.99. The number of hydrogen-bond donors (Lipinski definition) is 2. The van der Waals surface area contributed by atoms with E-state index in [0.29, 0.717) is 29.1 Å². The lowest BCUT2D eigenvalue weighted by molar-refractivity contribution is 0.619. The van der Waals surface area contributed by atoms with E-state index in [4.69, 9.17) is 22.7 Å². The summed E-state index contributed by atoms with van der Waals surface area (Å²) < 4.78 is 12.7. The zero-order valence-corrected chi connectivity index (χ0v) is 10.9. The first-order valence-corrected chi connectivity index (χ1v) is 6.16. The first kappa shape index (κ1) is 13.5. The molecular formula is C14H13ClFN3. The lowest BCUT2D eigenvalue weighted by Crippen LogP contribution is -1.99. The molecule has 0 fully saturated rings.